The van der Waals surface area contributed by atoms with E-state index in [1.807, 2.05) is 13.1 Å². The molecule has 8 heteroatoms. The van der Waals surface area contributed by atoms with Gasteiger partial charge in [0.2, 0.25) is 5.95 Å². The summed E-state index contributed by atoms with van der Waals surface area (Å²) in [6.07, 6.45) is 0.997. The summed E-state index contributed by atoms with van der Waals surface area (Å²) in [5, 5.41) is 12.5. The van der Waals surface area contributed by atoms with Gasteiger partial charge in [-0.25, -0.2) is 4.68 Å². The number of halogens is 2. The number of aryl methyl sites for hydroxylation is 1. The van der Waals surface area contributed by atoms with Gasteiger partial charge < -0.3 is 9.64 Å². The van der Waals surface area contributed by atoms with Gasteiger partial charge in [-0.1, -0.05) is 28.3 Å². The Hall–Kier alpha value is -1.53. The summed E-state index contributed by atoms with van der Waals surface area (Å²) >= 11 is 11.9. The molecule has 0 amide bonds. The molecule has 6 nitrogen and oxygen atoms in total. The zero-order valence-corrected chi connectivity index (χ0v) is 12.3. The van der Waals surface area contributed by atoms with Gasteiger partial charge >= 0.3 is 0 Å². The van der Waals surface area contributed by atoms with Crippen LogP contribution in [0.3, 0.4) is 0 Å². The Morgan fingerprint density at radius 1 is 1.30 bits per heavy atom. The van der Waals surface area contributed by atoms with Crippen LogP contribution in [0.15, 0.2) is 18.2 Å². The fourth-order valence-electron chi connectivity index (χ4n) is 2.24. The fraction of sp³-hybridized carbons (Fsp3) is 0.417. The molecular weight excluding hydrogens is 301 g/mol. The first kappa shape index (κ1) is 13.5. The van der Waals surface area contributed by atoms with Crippen LogP contribution < -0.4 is 9.64 Å². The molecule has 1 aromatic carbocycles. The Morgan fingerprint density at radius 2 is 2.15 bits per heavy atom. The zero-order chi connectivity index (χ0) is 14.1. The number of ether oxygens (including phenoxy) is 1. The third-order valence-electron chi connectivity index (χ3n) is 3.22. The lowest BCUT2D eigenvalue weighted by molar-refractivity contribution is 0.225. The molecule has 0 saturated carbocycles. The highest BCUT2D eigenvalue weighted by Gasteiger charge is 2.27. The van der Waals surface area contributed by atoms with Crippen molar-refractivity contribution in [3.63, 3.8) is 0 Å². The lowest BCUT2D eigenvalue weighted by atomic mass is 10.3. The van der Waals surface area contributed by atoms with Gasteiger partial charge in [-0.05, 0) is 22.6 Å². The van der Waals surface area contributed by atoms with Gasteiger partial charge in [-0.15, -0.1) is 0 Å². The fourth-order valence-corrected chi connectivity index (χ4v) is 2.53. The summed E-state index contributed by atoms with van der Waals surface area (Å²) in [7, 11) is 1.82. The number of aromatic nitrogens is 4. The van der Waals surface area contributed by atoms with Crippen LogP contribution >= 0.6 is 23.2 Å². The van der Waals surface area contributed by atoms with Crippen molar-refractivity contribution in [2.75, 3.05) is 18.0 Å². The molecule has 1 fully saturated rings. The van der Waals surface area contributed by atoms with E-state index in [9.17, 15) is 0 Å². The van der Waals surface area contributed by atoms with Crippen molar-refractivity contribution >= 4 is 29.2 Å². The Bertz CT molecular complexity index is 618. The number of benzene rings is 1. The molecule has 0 N–H and O–H groups in total. The van der Waals surface area contributed by atoms with Gasteiger partial charge in [0.15, 0.2) is 0 Å². The van der Waals surface area contributed by atoms with E-state index in [2.05, 4.69) is 20.4 Å². The average molecular weight is 314 g/mol. The predicted octanol–water partition coefficient (Wildman–Crippen LogP) is 2.17. The Labute approximate surface area is 126 Å². The molecule has 0 radical (unpaired) electrons. The molecule has 2 heterocycles. The van der Waals surface area contributed by atoms with Crippen LogP contribution in [0.4, 0.5) is 5.95 Å². The molecule has 1 aliphatic heterocycles. The van der Waals surface area contributed by atoms with E-state index in [1.54, 1.807) is 16.8 Å². The SMILES string of the molecule is Cn1nnnc1N1CCC(Oc2ccc(Cl)c(Cl)c2)C1. The predicted molar refractivity (Wildman–Crippen MR) is 76.5 cm³/mol. The van der Waals surface area contributed by atoms with Crippen molar-refractivity contribution in [3.05, 3.63) is 28.2 Å². The third-order valence-corrected chi connectivity index (χ3v) is 3.96. The Balaban J connectivity index is 1.66. The van der Waals surface area contributed by atoms with Gasteiger partial charge in [0.05, 0.1) is 16.6 Å². The van der Waals surface area contributed by atoms with E-state index in [0.29, 0.717) is 10.0 Å². The maximum Gasteiger partial charge on any atom is 0.245 e. The monoisotopic (exact) mass is 313 g/mol. The molecular formula is C12H13Cl2N5O. The lowest BCUT2D eigenvalue weighted by Gasteiger charge is -2.16. The van der Waals surface area contributed by atoms with Crippen LogP contribution in [-0.2, 0) is 7.05 Å². The minimum atomic E-state index is 0.0870. The van der Waals surface area contributed by atoms with Crippen LogP contribution in [0.5, 0.6) is 5.75 Å². The van der Waals surface area contributed by atoms with Crippen LogP contribution in [0.1, 0.15) is 6.42 Å². The quantitative estimate of drug-likeness (QED) is 0.869. The topological polar surface area (TPSA) is 56.1 Å². The highest BCUT2D eigenvalue weighted by molar-refractivity contribution is 6.42. The van der Waals surface area contributed by atoms with Crippen molar-refractivity contribution in [2.24, 2.45) is 7.05 Å². The largest absolute Gasteiger partial charge is 0.488 e. The molecule has 1 atom stereocenters. The summed E-state index contributed by atoms with van der Waals surface area (Å²) in [5.41, 5.74) is 0. The van der Waals surface area contributed by atoms with Crippen molar-refractivity contribution in [1.29, 1.82) is 0 Å². The van der Waals surface area contributed by atoms with Crippen LogP contribution in [-0.4, -0.2) is 39.4 Å². The molecule has 2 aromatic rings. The number of nitrogens with zero attached hydrogens (tertiary/aromatic N) is 5. The zero-order valence-electron chi connectivity index (χ0n) is 10.8. The highest BCUT2D eigenvalue weighted by Crippen LogP contribution is 2.28. The normalized spacial score (nSPS) is 18.6. The summed E-state index contributed by atoms with van der Waals surface area (Å²) in [4.78, 5) is 2.10. The molecule has 3 rings (SSSR count). The highest BCUT2D eigenvalue weighted by atomic mass is 35.5. The van der Waals surface area contributed by atoms with Crippen LogP contribution in [0, 0.1) is 0 Å². The van der Waals surface area contributed by atoms with E-state index in [4.69, 9.17) is 27.9 Å². The summed E-state index contributed by atoms with van der Waals surface area (Å²) < 4.78 is 7.57. The second-order valence-corrected chi connectivity index (χ2v) is 5.47. The number of tetrazole rings is 1. The number of hydrogen-bond donors (Lipinski definition) is 0. The van der Waals surface area contributed by atoms with Crippen molar-refractivity contribution < 1.29 is 4.74 Å². The summed E-state index contributed by atoms with van der Waals surface area (Å²) in [6.45, 7) is 1.61. The molecule has 1 saturated heterocycles. The van der Waals surface area contributed by atoms with Crippen molar-refractivity contribution in [2.45, 2.75) is 12.5 Å². The average Bonchev–Trinajstić information content (AvgIpc) is 3.03. The van der Waals surface area contributed by atoms with E-state index < -0.39 is 0 Å². The van der Waals surface area contributed by atoms with Crippen molar-refractivity contribution in [1.82, 2.24) is 20.2 Å². The minimum Gasteiger partial charge on any atom is -0.488 e. The van der Waals surface area contributed by atoms with Gasteiger partial charge in [-0.2, -0.15) is 0 Å². The Morgan fingerprint density at radius 3 is 2.85 bits per heavy atom. The van der Waals surface area contributed by atoms with E-state index >= 15 is 0 Å². The standard InChI is InChI=1S/C12H13Cl2N5O/c1-18-12(15-16-17-18)19-5-4-9(7-19)20-8-2-3-10(13)11(14)6-8/h2-3,6,9H,4-5,7H2,1H3. The lowest BCUT2D eigenvalue weighted by Crippen LogP contribution is -2.26. The molecule has 0 aliphatic carbocycles. The molecule has 0 bridgehead atoms. The molecule has 20 heavy (non-hydrogen) atoms. The van der Waals surface area contributed by atoms with Crippen LogP contribution in [0.25, 0.3) is 0 Å². The van der Waals surface area contributed by atoms with E-state index in [-0.39, 0.29) is 6.10 Å². The molecule has 106 valence electrons. The Kier molecular flexibility index (Phi) is 3.67. The van der Waals surface area contributed by atoms with E-state index in [0.717, 1.165) is 31.2 Å². The number of hydrogen-bond acceptors (Lipinski definition) is 5. The smallest absolute Gasteiger partial charge is 0.245 e. The number of anilines is 1. The first-order valence-corrected chi connectivity index (χ1v) is 6.98. The molecule has 1 aliphatic rings. The van der Waals surface area contributed by atoms with E-state index in [1.165, 1.54) is 0 Å². The second-order valence-electron chi connectivity index (χ2n) is 4.65. The molecule has 1 aromatic heterocycles. The van der Waals surface area contributed by atoms with Gasteiger partial charge in [0, 0.05) is 26.1 Å². The van der Waals surface area contributed by atoms with Crippen LogP contribution in [0.2, 0.25) is 10.0 Å². The van der Waals surface area contributed by atoms with Gasteiger partial charge in [-0.3, -0.25) is 0 Å². The summed E-state index contributed by atoms with van der Waals surface area (Å²) in [5.74, 6) is 1.48. The first-order valence-electron chi connectivity index (χ1n) is 6.22. The second kappa shape index (κ2) is 5.46. The maximum absolute atomic E-state index is 5.98. The van der Waals surface area contributed by atoms with Gasteiger partial charge in [0.25, 0.3) is 0 Å². The van der Waals surface area contributed by atoms with Crippen molar-refractivity contribution in [3.8, 4) is 5.75 Å². The van der Waals surface area contributed by atoms with Gasteiger partial charge in [0.1, 0.15) is 11.9 Å². The maximum atomic E-state index is 5.98. The third kappa shape index (κ3) is 2.66. The minimum absolute atomic E-state index is 0.0870. The molecule has 1 unspecified atom stereocenters. The summed E-state index contributed by atoms with van der Waals surface area (Å²) in [6, 6.07) is 5.29. The molecule has 0 spiro atoms. The first-order chi connectivity index (χ1) is 9.63. The number of rotatable bonds is 3.